The molecule has 0 saturated carbocycles. The van der Waals surface area contributed by atoms with E-state index in [1.165, 1.54) is 18.2 Å². The smallest absolute Gasteiger partial charge is 0.190 e. The van der Waals surface area contributed by atoms with Gasteiger partial charge in [-0.1, -0.05) is 72.8 Å². The molecule has 0 aliphatic rings. The zero-order valence-electron chi connectivity index (χ0n) is 14.9. The van der Waals surface area contributed by atoms with Crippen LogP contribution in [0.25, 0.3) is 12.2 Å². The number of aromatic hydroxyl groups is 2. The second-order valence-corrected chi connectivity index (χ2v) is 6.10. The van der Waals surface area contributed by atoms with Crippen LogP contribution in [0.5, 0.6) is 11.5 Å². The molecule has 3 aromatic carbocycles. The minimum absolute atomic E-state index is 0.0626. The molecule has 0 fully saturated rings. The number of benzene rings is 3. The predicted molar refractivity (Wildman–Crippen MR) is 109 cm³/mol. The first-order valence-corrected chi connectivity index (χ1v) is 8.65. The van der Waals surface area contributed by atoms with Crippen LogP contribution in [0.15, 0.2) is 84.9 Å². The summed E-state index contributed by atoms with van der Waals surface area (Å²) in [5.74, 6) is -1.76. The molecule has 0 atom stereocenters. The van der Waals surface area contributed by atoms with Gasteiger partial charge in [0.2, 0.25) is 0 Å². The van der Waals surface area contributed by atoms with Crippen LogP contribution < -0.4 is 0 Å². The van der Waals surface area contributed by atoms with Crippen molar-refractivity contribution < 1.29 is 19.8 Å². The molecule has 0 aliphatic heterocycles. The van der Waals surface area contributed by atoms with Crippen molar-refractivity contribution in [2.24, 2.45) is 0 Å². The lowest BCUT2D eigenvalue weighted by Crippen LogP contribution is -2.06. The number of rotatable bonds is 6. The fourth-order valence-electron chi connectivity index (χ4n) is 2.71. The summed E-state index contributed by atoms with van der Waals surface area (Å²) in [6, 6.07) is 20.6. The fourth-order valence-corrected chi connectivity index (χ4v) is 2.71. The third kappa shape index (κ3) is 4.62. The van der Waals surface area contributed by atoms with Gasteiger partial charge in [0, 0.05) is 11.6 Å². The summed E-state index contributed by atoms with van der Waals surface area (Å²) >= 11 is 0. The molecule has 2 N–H and O–H groups in total. The Labute approximate surface area is 162 Å². The molecule has 3 rings (SSSR count). The minimum Gasteiger partial charge on any atom is -0.508 e. The molecular weight excluding hydrogens is 352 g/mol. The lowest BCUT2D eigenvalue weighted by Gasteiger charge is -2.08. The number of ketones is 2. The Morgan fingerprint density at radius 3 is 1.71 bits per heavy atom. The van der Waals surface area contributed by atoms with Crippen LogP contribution in [0.1, 0.15) is 31.8 Å². The molecule has 28 heavy (non-hydrogen) atoms. The maximum atomic E-state index is 12.6. The highest BCUT2D eigenvalue weighted by atomic mass is 16.3. The van der Waals surface area contributed by atoms with E-state index in [1.807, 2.05) is 60.7 Å². The Kier molecular flexibility index (Phi) is 5.82. The zero-order valence-corrected chi connectivity index (χ0v) is 14.9. The quantitative estimate of drug-likeness (QED) is 0.478. The van der Waals surface area contributed by atoms with Crippen LogP contribution in [0.4, 0.5) is 0 Å². The fraction of sp³-hybridized carbons (Fsp3) is 0. The van der Waals surface area contributed by atoms with Crippen LogP contribution in [-0.2, 0) is 0 Å². The van der Waals surface area contributed by atoms with Crippen molar-refractivity contribution in [3.05, 3.63) is 107 Å². The molecule has 0 saturated heterocycles. The summed E-state index contributed by atoms with van der Waals surface area (Å²) in [5.41, 5.74) is 1.42. The zero-order chi connectivity index (χ0) is 19.9. The first kappa shape index (κ1) is 18.9. The van der Waals surface area contributed by atoms with Crippen LogP contribution in [0, 0.1) is 0 Å². The van der Waals surface area contributed by atoms with Crippen LogP contribution in [0.2, 0.25) is 0 Å². The van der Waals surface area contributed by atoms with Crippen LogP contribution in [0.3, 0.4) is 0 Å². The molecule has 0 aliphatic carbocycles. The average molecular weight is 370 g/mol. The van der Waals surface area contributed by atoms with Gasteiger partial charge in [-0.3, -0.25) is 9.59 Å². The Bertz CT molecular complexity index is 1050. The molecule has 0 bridgehead atoms. The molecular formula is C24H18O4. The van der Waals surface area contributed by atoms with Crippen molar-refractivity contribution in [2.75, 3.05) is 0 Å². The SMILES string of the molecule is O=C(C=Cc1ccccc1)c1cc(O)cc(O)c1C(=O)C=Cc1ccccc1. The Hall–Kier alpha value is -3.92. The Morgan fingerprint density at radius 2 is 1.18 bits per heavy atom. The van der Waals surface area contributed by atoms with E-state index >= 15 is 0 Å². The number of hydrogen-bond donors (Lipinski definition) is 2. The Morgan fingerprint density at radius 1 is 0.679 bits per heavy atom. The molecule has 3 aromatic rings. The Balaban J connectivity index is 1.93. The number of carbonyl (C=O) groups excluding carboxylic acids is 2. The monoisotopic (exact) mass is 370 g/mol. The maximum Gasteiger partial charge on any atom is 0.190 e. The lowest BCUT2D eigenvalue weighted by molar-refractivity contribution is 0.101. The van der Waals surface area contributed by atoms with E-state index in [0.29, 0.717) is 0 Å². The molecule has 138 valence electrons. The van der Waals surface area contributed by atoms with Crippen molar-refractivity contribution in [2.45, 2.75) is 0 Å². The standard InChI is InChI=1S/C24H18O4/c25-19-15-20(21(26)13-11-17-7-3-1-4-8-17)24(23(28)16-19)22(27)14-12-18-9-5-2-6-10-18/h1-16,25,28H. The highest BCUT2D eigenvalue weighted by molar-refractivity contribution is 6.19. The van der Waals surface area contributed by atoms with Gasteiger partial charge in [0.25, 0.3) is 0 Å². The van der Waals surface area contributed by atoms with Gasteiger partial charge < -0.3 is 10.2 Å². The van der Waals surface area contributed by atoms with Crippen molar-refractivity contribution >= 4 is 23.7 Å². The van der Waals surface area contributed by atoms with Crippen molar-refractivity contribution in [3.8, 4) is 11.5 Å². The first-order chi connectivity index (χ1) is 13.5. The number of hydrogen-bond acceptors (Lipinski definition) is 4. The summed E-state index contributed by atoms with van der Waals surface area (Å²) in [5, 5.41) is 20.0. The highest BCUT2D eigenvalue weighted by Gasteiger charge is 2.19. The van der Waals surface area contributed by atoms with E-state index in [2.05, 4.69) is 0 Å². The van der Waals surface area contributed by atoms with Gasteiger partial charge in [-0.2, -0.15) is 0 Å². The normalized spacial score (nSPS) is 11.1. The molecule has 0 aromatic heterocycles. The topological polar surface area (TPSA) is 74.6 Å². The second kappa shape index (κ2) is 8.64. The van der Waals surface area contributed by atoms with E-state index in [9.17, 15) is 19.8 Å². The third-order valence-corrected chi connectivity index (χ3v) is 4.07. The molecule has 4 heteroatoms. The van der Waals surface area contributed by atoms with Gasteiger partial charge in [-0.25, -0.2) is 0 Å². The summed E-state index contributed by atoms with van der Waals surface area (Å²) in [6.07, 6.45) is 5.81. The van der Waals surface area contributed by atoms with Gasteiger partial charge in [-0.15, -0.1) is 0 Å². The molecule has 0 radical (unpaired) electrons. The van der Waals surface area contributed by atoms with Crippen LogP contribution in [-0.4, -0.2) is 21.8 Å². The van der Waals surface area contributed by atoms with E-state index in [0.717, 1.165) is 17.2 Å². The molecule has 0 spiro atoms. The predicted octanol–water partition coefficient (Wildman–Crippen LogP) is 4.89. The number of phenols is 2. The van der Waals surface area contributed by atoms with E-state index in [-0.39, 0.29) is 16.9 Å². The number of phenolic OH excluding ortho intramolecular Hbond substituents is 2. The van der Waals surface area contributed by atoms with Crippen LogP contribution >= 0.6 is 0 Å². The maximum absolute atomic E-state index is 12.6. The van der Waals surface area contributed by atoms with Gasteiger partial charge in [0.1, 0.15) is 11.5 Å². The van der Waals surface area contributed by atoms with E-state index < -0.39 is 17.3 Å². The largest absolute Gasteiger partial charge is 0.508 e. The molecule has 0 amide bonds. The molecule has 0 unspecified atom stereocenters. The minimum atomic E-state index is -0.530. The van der Waals surface area contributed by atoms with Gasteiger partial charge in [0.15, 0.2) is 11.6 Å². The number of allylic oxidation sites excluding steroid dienone is 2. The van der Waals surface area contributed by atoms with E-state index in [1.54, 1.807) is 12.2 Å². The highest BCUT2D eigenvalue weighted by Crippen LogP contribution is 2.29. The summed E-state index contributed by atoms with van der Waals surface area (Å²) in [7, 11) is 0. The first-order valence-electron chi connectivity index (χ1n) is 8.65. The summed E-state index contributed by atoms with van der Waals surface area (Å²) in [6.45, 7) is 0. The van der Waals surface area contributed by atoms with Gasteiger partial charge in [-0.05, 0) is 29.3 Å². The van der Waals surface area contributed by atoms with Gasteiger partial charge in [0.05, 0.1) is 5.56 Å². The van der Waals surface area contributed by atoms with Crippen molar-refractivity contribution in [3.63, 3.8) is 0 Å². The van der Waals surface area contributed by atoms with Crippen molar-refractivity contribution in [1.82, 2.24) is 0 Å². The lowest BCUT2D eigenvalue weighted by atomic mass is 9.97. The molecule has 4 nitrogen and oxygen atoms in total. The summed E-state index contributed by atoms with van der Waals surface area (Å²) in [4.78, 5) is 25.3. The second-order valence-electron chi connectivity index (χ2n) is 6.10. The third-order valence-electron chi connectivity index (χ3n) is 4.07. The summed E-state index contributed by atoms with van der Waals surface area (Å²) < 4.78 is 0. The van der Waals surface area contributed by atoms with Gasteiger partial charge >= 0.3 is 0 Å². The van der Waals surface area contributed by atoms with E-state index in [4.69, 9.17) is 0 Å². The molecule has 0 heterocycles. The van der Waals surface area contributed by atoms with Crippen molar-refractivity contribution in [1.29, 1.82) is 0 Å². The number of carbonyl (C=O) groups is 2. The average Bonchev–Trinajstić information content (AvgIpc) is 2.71.